The number of nitrogens with zero attached hydrogens (tertiary/aromatic N) is 4. The predicted octanol–water partition coefficient (Wildman–Crippen LogP) is 3.59. The molecule has 5 heterocycles. The first-order valence-electron chi connectivity index (χ1n) is 8.55. The number of hydrogen-bond donors (Lipinski definition) is 1. The van der Waals surface area contributed by atoms with Crippen molar-refractivity contribution in [2.75, 3.05) is 31.2 Å². The van der Waals surface area contributed by atoms with Crippen LogP contribution in [0.15, 0.2) is 47.4 Å². The van der Waals surface area contributed by atoms with Gasteiger partial charge >= 0.3 is 0 Å². The van der Waals surface area contributed by atoms with E-state index in [1.54, 1.807) is 11.3 Å². The predicted molar refractivity (Wildman–Crippen MR) is 103 cm³/mol. The second-order valence-electron chi connectivity index (χ2n) is 6.14. The molecule has 0 amide bonds. The van der Waals surface area contributed by atoms with Crippen LogP contribution in [-0.2, 0) is 4.74 Å². The van der Waals surface area contributed by atoms with Crippen molar-refractivity contribution in [2.24, 2.45) is 0 Å². The van der Waals surface area contributed by atoms with E-state index in [1.165, 1.54) is 5.56 Å². The number of ether oxygens (including phenoxy) is 1. The number of hydrogen-bond acceptors (Lipinski definition) is 6. The number of anilines is 1. The monoisotopic (exact) mass is 363 g/mol. The summed E-state index contributed by atoms with van der Waals surface area (Å²) < 4.78 is 5.49. The zero-order valence-corrected chi connectivity index (χ0v) is 14.9. The highest BCUT2D eigenvalue weighted by Gasteiger charge is 2.21. The normalized spacial score (nSPS) is 14.8. The number of aromatic nitrogens is 4. The zero-order chi connectivity index (χ0) is 17.3. The first-order chi connectivity index (χ1) is 12.9. The zero-order valence-electron chi connectivity index (χ0n) is 14.1. The van der Waals surface area contributed by atoms with Crippen molar-refractivity contribution < 1.29 is 4.74 Å². The Morgan fingerprint density at radius 1 is 1.04 bits per heavy atom. The van der Waals surface area contributed by atoms with Crippen LogP contribution in [0.4, 0.5) is 5.82 Å². The maximum absolute atomic E-state index is 5.49. The summed E-state index contributed by atoms with van der Waals surface area (Å²) >= 11 is 1.69. The van der Waals surface area contributed by atoms with E-state index >= 15 is 0 Å². The largest absolute Gasteiger partial charge is 0.378 e. The van der Waals surface area contributed by atoms with Gasteiger partial charge in [-0.05, 0) is 46.2 Å². The fourth-order valence-corrected chi connectivity index (χ4v) is 4.07. The van der Waals surface area contributed by atoms with Gasteiger partial charge in [0, 0.05) is 31.0 Å². The number of thiophene rings is 1. The second-order valence-corrected chi connectivity index (χ2v) is 6.92. The van der Waals surface area contributed by atoms with Crippen LogP contribution in [0.2, 0.25) is 0 Å². The maximum atomic E-state index is 5.49. The van der Waals surface area contributed by atoms with E-state index in [2.05, 4.69) is 48.0 Å². The van der Waals surface area contributed by atoms with Crippen molar-refractivity contribution in [3.05, 3.63) is 47.4 Å². The third-order valence-electron chi connectivity index (χ3n) is 4.65. The van der Waals surface area contributed by atoms with Crippen LogP contribution in [0.5, 0.6) is 0 Å². The molecular formula is C19H17N5OS. The Balaban J connectivity index is 1.71. The van der Waals surface area contributed by atoms with Crippen molar-refractivity contribution >= 4 is 28.2 Å². The summed E-state index contributed by atoms with van der Waals surface area (Å²) in [5, 5.41) is 13.0. The minimum atomic E-state index is 0.721. The van der Waals surface area contributed by atoms with Gasteiger partial charge in [-0.3, -0.25) is 5.10 Å². The standard InChI is InChI=1S/C19H17N5OS/c1-2-15(19(21-5-1)24-7-9-25-10-8-24)17-16-14(13-4-11-26-12-13)3-6-20-18(16)23-22-17/h1-6,11-12H,7-10H2,(H,20,22,23). The molecule has 1 N–H and O–H groups in total. The van der Waals surface area contributed by atoms with Crippen LogP contribution in [-0.4, -0.2) is 46.5 Å². The van der Waals surface area contributed by atoms with Crippen LogP contribution in [0, 0.1) is 0 Å². The molecule has 0 saturated carbocycles. The molecule has 0 spiro atoms. The molecule has 1 saturated heterocycles. The molecule has 0 atom stereocenters. The summed E-state index contributed by atoms with van der Waals surface area (Å²) in [5.41, 5.74) is 5.02. The van der Waals surface area contributed by atoms with Gasteiger partial charge in [-0.25, -0.2) is 9.97 Å². The number of pyridine rings is 2. The molecule has 7 heteroatoms. The quantitative estimate of drug-likeness (QED) is 0.603. The van der Waals surface area contributed by atoms with Gasteiger partial charge in [-0.1, -0.05) is 0 Å². The van der Waals surface area contributed by atoms with Crippen LogP contribution in [0.25, 0.3) is 33.4 Å². The molecule has 0 unspecified atom stereocenters. The van der Waals surface area contributed by atoms with E-state index in [4.69, 9.17) is 4.74 Å². The first kappa shape index (κ1) is 15.5. The van der Waals surface area contributed by atoms with E-state index in [0.29, 0.717) is 0 Å². The molecule has 5 rings (SSSR count). The van der Waals surface area contributed by atoms with Gasteiger partial charge in [0.15, 0.2) is 5.65 Å². The smallest absolute Gasteiger partial charge is 0.156 e. The molecule has 0 radical (unpaired) electrons. The van der Waals surface area contributed by atoms with E-state index < -0.39 is 0 Å². The molecule has 1 aliphatic heterocycles. The van der Waals surface area contributed by atoms with Crippen molar-refractivity contribution in [3.8, 4) is 22.4 Å². The highest BCUT2D eigenvalue weighted by atomic mass is 32.1. The van der Waals surface area contributed by atoms with Crippen LogP contribution < -0.4 is 4.90 Å². The number of nitrogens with one attached hydrogen (secondary N) is 1. The summed E-state index contributed by atoms with van der Waals surface area (Å²) in [6.07, 6.45) is 3.66. The van der Waals surface area contributed by atoms with Crippen molar-refractivity contribution in [2.45, 2.75) is 0 Å². The minimum absolute atomic E-state index is 0.721. The average molecular weight is 363 g/mol. The molecular weight excluding hydrogens is 346 g/mol. The lowest BCUT2D eigenvalue weighted by Crippen LogP contribution is -2.37. The number of morpholine rings is 1. The molecule has 1 fully saturated rings. The topological polar surface area (TPSA) is 66.9 Å². The summed E-state index contributed by atoms with van der Waals surface area (Å²) in [7, 11) is 0. The Morgan fingerprint density at radius 3 is 2.81 bits per heavy atom. The Hall–Kier alpha value is -2.77. The third kappa shape index (κ3) is 2.56. The van der Waals surface area contributed by atoms with E-state index in [-0.39, 0.29) is 0 Å². The maximum Gasteiger partial charge on any atom is 0.156 e. The van der Waals surface area contributed by atoms with Crippen LogP contribution >= 0.6 is 11.3 Å². The highest BCUT2D eigenvalue weighted by molar-refractivity contribution is 7.08. The Labute approximate surface area is 154 Å². The van der Waals surface area contributed by atoms with E-state index in [9.17, 15) is 0 Å². The number of H-pyrrole nitrogens is 1. The molecule has 0 aliphatic carbocycles. The average Bonchev–Trinajstić information content (AvgIpc) is 3.38. The van der Waals surface area contributed by atoms with Crippen LogP contribution in [0.1, 0.15) is 0 Å². The molecule has 4 aromatic rings. The van der Waals surface area contributed by atoms with Gasteiger partial charge < -0.3 is 9.64 Å². The number of aromatic amines is 1. The lowest BCUT2D eigenvalue weighted by atomic mass is 10.0. The molecule has 0 aromatic carbocycles. The van der Waals surface area contributed by atoms with Gasteiger partial charge in [-0.2, -0.15) is 16.4 Å². The second kappa shape index (κ2) is 6.51. The number of fused-ring (bicyclic) bond motifs is 1. The summed E-state index contributed by atoms with van der Waals surface area (Å²) in [4.78, 5) is 11.4. The molecule has 1 aliphatic rings. The number of rotatable bonds is 3. The molecule has 0 bridgehead atoms. The van der Waals surface area contributed by atoms with Gasteiger partial charge in [0.1, 0.15) is 11.5 Å². The summed E-state index contributed by atoms with van der Waals surface area (Å²) in [5.74, 6) is 0.948. The van der Waals surface area contributed by atoms with Crippen molar-refractivity contribution in [1.82, 2.24) is 20.2 Å². The fraction of sp³-hybridized carbons (Fsp3) is 0.211. The lowest BCUT2D eigenvalue weighted by Gasteiger charge is -2.29. The van der Waals surface area contributed by atoms with Gasteiger partial charge in [0.25, 0.3) is 0 Å². The minimum Gasteiger partial charge on any atom is -0.378 e. The molecule has 4 aromatic heterocycles. The Morgan fingerprint density at radius 2 is 1.96 bits per heavy atom. The van der Waals surface area contributed by atoms with E-state index in [1.807, 2.05) is 24.5 Å². The third-order valence-corrected chi connectivity index (χ3v) is 5.33. The molecule has 26 heavy (non-hydrogen) atoms. The summed E-state index contributed by atoms with van der Waals surface area (Å²) in [6, 6.07) is 8.22. The Bertz CT molecular complexity index is 1040. The summed E-state index contributed by atoms with van der Waals surface area (Å²) in [6.45, 7) is 3.11. The lowest BCUT2D eigenvalue weighted by molar-refractivity contribution is 0.122. The van der Waals surface area contributed by atoms with Gasteiger partial charge in [0.2, 0.25) is 0 Å². The molecule has 130 valence electrons. The molecule has 6 nitrogen and oxygen atoms in total. The first-order valence-corrected chi connectivity index (χ1v) is 9.50. The van der Waals surface area contributed by atoms with Crippen molar-refractivity contribution in [3.63, 3.8) is 0 Å². The van der Waals surface area contributed by atoms with E-state index in [0.717, 1.165) is 60.0 Å². The Kier molecular flexibility index (Phi) is 3.88. The highest BCUT2D eigenvalue weighted by Crippen LogP contribution is 2.37. The van der Waals surface area contributed by atoms with Crippen LogP contribution in [0.3, 0.4) is 0 Å². The van der Waals surface area contributed by atoms with Gasteiger partial charge in [0.05, 0.1) is 18.6 Å². The SMILES string of the molecule is c1cnc(N2CCOCC2)c(-c2n[nH]c3nccc(-c4ccsc4)c23)c1. The van der Waals surface area contributed by atoms with Gasteiger partial charge in [-0.15, -0.1) is 0 Å². The van der Waals surface area contributed by atoms with Crippen molar-refractivity contribution in [1.29, 1.82) is 0 Å². The fourth-order valence-electron chi connectivity index (χ4n) is 3.41.